The van der Waals surface area contributed by atoms with Gasteiger partial charge in [0.1, 0.15) is 17.5 Å². The monoisotopic (exact) mass is 1940 g/mol. The molecule has 0 aliphatic carbocycles. The molecule has 3 unspecified atom stereocenters. The van der Waals surface area contributed by atoms with E-state index in [-0.39, 0.29) is 89.3 Å². The fourth-order valence-electron chi connectivity index (χ4n) is 11.3. The van der Waals surface area contributed by atoms with Crippen LogP contribution in [0.3, 0.4) is 0 Å². The van der Waals surface area contributed by atoms with Crippen molar-refractivity contribution >= 4 is 99.8 Å². The van der Waals surface area contributed by atoms with Gasteiger partial charge in [-0.05, 0) is 238 Å². The van der Waals surface area contributed by atoms with Crippen molar-refractivity contribution in [2.24, 2.45) is 23.1 Å². The smallest absolute Gasteiger partial charge is 0.416 e. The topological polar surface area (TPSA) is 421 Å². The first kappa shape index (κ1) is 126. The van der Waals surface area contributed by atoms with Crippen LogP contribution in [0.2, 0.25) is 15.1 Å². The Bertz CT molecular complexity index is 4230. The normalized spacial score (nSPS) is 12.0. The van der Waals surface area contributed by atoms with Crippen LogP contribution in [0.4, 0.5) is 28.0 Å². The van der Waals surface area contributed by atoms with Crippen molar-refractivity contribution in [2.75, 3.05) is 72.0 Å². The van der Waals surface area contributed by atoms with Crippen LogP contribution in [0, 0.1) is 21.8 Å². The van der Waals surface area contributed by atoms with Gasteiger partial charge < -0.3 is 74.5 Å². The van der Waals surface area contributed by atoms with E-state index in [1.54, 1.807) is 66.7 Å². The van der Waals surface area contributed by atoms with E-state index >= 15 is 0 Å². The summed E-state index contributed by atoms with van der Waals surface area (Å²) in [7, 11) is 0. The number of likely N-dealkylation sites (tertiary alicyclic amines) is 1. The molecule has 15 N–H and O–H groups in total. The third kappa shape index (κ3) is 65.4. The summed E-state index contributed by atoms with van der Waals surface area (Å²) in [5, 5.41) is 42.7. The number of aliphatic carboxylic acids is 1. The van der Waals surface area contributed by atoms with Crippen molar-refractivity contribution in [3.63, 3.8) is 0 Å². The van der Waals surface area contributed by atoms with Gasteiger partial charge in [-0.3, -0.25) is 53.3 Å². The molecular formula is C100H152Cl3F4N13O14. The number of hydrogen-bond donors (Lipinski definition) is 12. The molecule has 1 saturated heterocycles. The fraction of sp³-hybridized carbons (Fsp3) is 0.540. The number of ether oxygens (including phenoxy) is 1. The summed E-state index contributed by atoms with van der Waals surface area (Å²) in [4.78, 5) is 125. The zero-order valence-corrected chi connectivity index (χ0v) is 83.0. The Hall–Kier alpha value is -10.3. The second-order valence-electron chi connectivity index (χ2n) is 32.4. The molecule has 3 atom stereocenters. The maximum absolute atomic E-state index is 12.5. The molecule has 6 aromatic carbocycles. The van der Waals surface area contributed by atoms with Crippen LogP contribution in [0.1, 0.15) is 318 Å². The standard InChI is InChI=1S/C14H18ClNO.C12H14F3NO.C12H27N3O.2C11H14ClNO.C11H14FNO.C11H14N2O3.C9H18N2O3.C9H19NO2/c1-2-11-4-3-9-16(10-11)14(17)12-5-7-13(15)8-6-12;1-2-3-8-16-11(17)9-4-6-10(7-5-9)12(13,14)15;1-2-3-10-15-12(16)8-7-11(14)6-4-5-9-13;1-2-3-8-13-11(14)9-6-4-5-7-10(9)12;1-2-3-7-13-11(14)9-5-4-6-10(12)8-9;1-2-3-8-13-11(14)9-4-6-10(12)7-5-9;1-2-3-8-12-11(14)9-4-6-10(7-5-9)13(15)16;1-2-3-6-11-8(12)5-4-7(10)9(13)14;1-5-6-7-10-8(11)12-9(2,3)4/h5-8,11H,2-4,9-10H2,1H3;4-7H,2-3,8H2,1H3,(H,16,17);11H,2-10,13-14H2,1H3,(H,15,16);4-7H,2-3,8H2,1H3,(H,13,14);4-6,8H,2-3,7H2,1H3,(H,13,14);4-7H,2-3,8H2,1H3,(H,13,14);4-7H,2-3,8H2,1H3,(H,12,14);7H,2-6,10H2,1H3,(H,11,12)(H,13,14);5-7H2,1-4H3,(H,10,11). The van der Waals surface area contributed by atoms with Crippen molar-refractivity contribution < 1.29 is 80.3 Å². The summed E-state index contributed by atoms with van der Waals surface area (Å²) in [6.07, 6.45) is 19.7. The largest absolute Gasteiger partial charge is 0.480 e. The van der Waals surface area contributed by atoms with E-state index in [1.165, 1.54) is 67.1 Å². The number of carboxylic acid groups (broad SMARTS) is 1. The Labute approximate surface area is 807 Å². The quantitative estimate of drug-likeness (QED) is 0.00732. The predicted octanol–water partition coefficient (Wildman–Crippen LogP) is 20.6. The van der Waals surface area contributed by atoms with Crippen LogP contribution >= 0.6 is 34.8 Å². The van der Waals surface area contributed by atoms with Crippen molar-refractivity contribution in [2.45, 2.75) is 274 Å². The molecule has 7 rings (SSSR count). The third-order valence-corrected chi connectivity index (χ3v) is 20.2. The Morgan fingerprint density at radius 1 is 0.485 bits per heavy atom. The second-order valence-corrected chi connectivity index (χ2v) is 33.6. The van der Waals surface area contributed by atoms with Gasteiger partial charge in [-0.25, -0.2) is 9.18 Å². The molecular weight excluding hydrogens is 1790 g/mol. The minimum absolute atomic E-state index is 0.00916. The summed E-state index contributed by atoms with van der Waals surface area (Å²) in [6, 6.07) is 35.7. The SMILES string of the molecule is CCC1CCCN(C(=O)c2ccc(Cl)cc2)C1.CCCCNC(=O)CCC(N)C(=O)O.CCCCNC(=O)CCC(N)CCCCN.CCCCNC(=O)OC(C)(C)C.CCCCNC(=O)c1ccc(C(F)(F)F)cc1.CCCCNC(=O)c1ccc(F)cc1.CCCCNC(=O)c1ccc([N+](=O)[O-])cc1.CCCCNC(=O)c1cccc(Cl)c1.CCCCNC(=O)c1ccccc1Cl. The van der Waals surface area contributed by atoms with E-state index in [9.17, 15) is 75.6 Å². The number of alkyl halides is 3. The highest BCUT2D eigenvalue weighted by atomic mass is 35.5. The number of nitro groups is 1. The summed E-state index contributed by atoms with van der Waals surface area (Å²) < 4.78 is 54.4. The Balaban J connectivity index is 0. The zero-order valence-electron chi connectivity index (χ0n) is 80.8. The summed E-state index contributed by atoms with van der Waals surface area (Å²) in [5.41, 5.74) is 18.5. The van der Waals surface area contributed by atoms with E-state index in [4.69, 9.17) is 61.8 Å². The van der Waals surface area contributed by atoms with Crippen LogP contribution in [0.25, 0.3) is 0 Å². The van der Waals surface area contributed by atoms with Gasteiger partial charge in [-0.15, -0.1) is 0 Å². The van der Waals surface area contributed by atoms with Crippen LogP contribution in [-0.4, -0.2) is 164 Å². The molecule has 1 aliphatic heterocycles. The number of carbonyl (C=O) groups excluding carboxylic acids is 9. The van der Waals surface area contributed by atoms with E-state index in [1.807, 2.05) is 52.5 Å². The molecule has 1 aliphatic rings. The summed E-state index contributed by atoms with van der Waals surface area (Å²) in [6.45, 7) is 32.2. The molecule has 0 spiro atoms. The molecule has 0 radical (unpaired) electrons. The minimum Gasteiger partial charge on any atom is -0.480 e. The molecule has 27 nitrogen and oxygen atoms in total. The first-order chi connectivity index (χ1) is 63.8. The number of nitrogens with two attached hydrogens (primary N) is 3. The number of carbonyl (C=O) groups is 10. The second kappa shape index (κ2) is 77.9. The van der Waals surface area contributed by atoms with Gasteiger partial charge in [0.25, 0.3) is 41.1 Å². The van der Waals surface area contributed by atoms with E-state index in [2.05, 4.69) is 84.1 Å². The highest BCUT2D eigenvalue weighted by Crippen LogP contribution is 2.29. The number of alkyl carbamates (subject to hydrolysis) is 1. The lowest BCUT2D eigenvalue weighted by molar-refractivity contribution is -0.384. The van der Waals surface area contributed by atoms with Gasteiger partial charge in [0.2, 0.25) is 11.8 Å². The maximum atomic E-state index is 12.5. The molecule has 0 bridgehead atoms. The Morgan fingerprint density at radius 3 is 1.29 bits per heavy atom. The van der Waals surface area contributed by atoms with Gasteiger partial charge in [-0.1, -0.05) is 180 Å². The lowest BCUT2D eigenvalue weighted by Gasteiger charge is -2.32. The fourth-order valence-corrected chi connectivity index (χ4v) is 11.8. The Kier molecular flexibility index (Phi) is 73.1. The molecule has 0 aromatic heterocycles. The summed E-state index contributed by atoms with van der Waals surface area (Å²) >= 11 is 17.5. The third-order valence-electron chi connectivity index (χ3n) is 19.4. The van der Waals surface area contributed by atoms with Crippen molar-refractivity contribution in [1.82, 2.24) is 47.4 Å². The van der Waals surface area contributed by atoms with Gasteiger partial charge >= 0.3 is 18.2 Å². The molecule has 34 heteroatoms. The van der Waals surface area contributed by atoms with Crippen LogP contribution < -0.4 is 59.7 Å². The number of piperidine rings is 1. The molecule has 750 valence electrons. The van der Waals surface area contributed by atoms with Crippen LogP contribution in [0.15, 0.2) is 146 Å². The number of hydrogen-bond acceptors (Lipinski definition) is 16. The predicted molar refractivity (Wildman–Crippen MR) is 530 cm³/mol. The number of halogens is 7. The molecule has 6 aromatic rings. The van der Waals surface area contributed by atoms with Gasteiger partial charge in [0, 0.05) is 134 Å². The molecule has 9 amide bonds. The minimum atomic E-state index is -4.36. The highest BCUT2D eigenvalue weighted by molar-refractivity contribution is 6.34. The molecule has 1 heterocycles. The summed E-state index contributed by atoms with van der Waals surface area (Å²) in [5.74, 6) is -1.40. The number of carboxylic acids is 1. The van der Waals surface area contributed by atoms with E-state index in [0.717, 1.165) is 192 Å². The lowest BCUT2D eigenvalue weighted by atomic mass is 9.95. The van der Waals surface area contributed by atoms with Gasteiger partial charge in [0.05, 0.1) is 21.1 Å². The number of nitro benzene ring substituents is 1. The van der Waals surface area contributed by atoms with E-state index in [0.29, 0.717) is 88.9 Å². The first-order valence-electron chi connectivity index (χ1n) is 46.8. The first-order valence-corrected chi connectivity index (χ1v) is 48.0. The molecule has 134 heavy (non-hydrogen) atoms. The van der Waals surface area contributed by atoms with Crippen LogP contribution in [0.5, 0.6) is 0 Å². The number of amides is 9. The Morgan fingerprint density at radius 2 is 0.888 bits per heavy atom. The van der Waals surface area contributed by atoms with Gasteiger partial charge in [-0.2, -0.15) is 13.2 Å². The maximum Gasteiger partial charge on any atom is 0.416 e. The number of benzene rings is 6. The van der Waals surface area contributed by atoms with Crippen molar-refractivity contribution in [1.29, 1.82) is 0 Å². The van der Waals surface area contributed by atoms with Crippen molar-refractivity contribution in [3.8, 4) is 0 Å². The molecule has 0 saturated carbocycles. The average molecular weight is 1940 g/mol. The number of non-ortho nitro benzene ring substituents is 1. The molecule has 1 fully saturated rings. The number of nitrogens with one attached hydrogen (secondary N) is 8. The average Bonchev–Trinajstić information content (AvgIpc) is 0.852. The number of nitrogens with zero attached hydrogens (tertiary/aromatic N) is 2. The van der Waals surface area contributed by atoms with Crippen molar-refractivity contribution in [3.05, 3.63) is 216 Å². The number of rotatable bonds is 43. The highest BCUT2D eigenvalue weighted by Gasteiger charge is 2.30. The van der Waals surface area contributed by atoms with Crippen LogP contribution in [-0.2, 0) is 25.3 Å². The van der Waals surface area contributed by atoms with E-state index < -0.39 is 34.3 Å². The number of unbranched alkanes of at least 4 members (excludes halogenated alkanes) is 9. The zero-order chi connectivity index (χ0) is 101. The lowest BCUT2D eigenvalue weighted by Crippen LogP contribution is -2.39. The van der Waals surface area contributed by atoms with Gasteiger partial charge in [0.15, 0.2) is 0 Å².